The highest BCUT2D eigenvalue weighted by atomic mass is 16.4. The second-order valence-corrected chi connectivity index (χ2v) is 4.78. The Morgan fingerprint density at radius 2 is 2.11 bits per heavy atom. The summed E-state index contributed by atoms with van der Waals surface area (Å²) in [7, 11) is 0. The van der Waals surface area contributed by atoms with Gasteiger partial charge in [-0.2, -0.15) is 0 Å². The van der Waals surface area contributed by atoms with Crippen LogP contribution in [0.15, 0.2) is 4.42 Å². The van der Waals surface area contributed by atoms with Crippen LogP contribution >= 0.6 is 0 Å². The number of carbonyl (C=O) groups excluding carboxylic acids is 1. The molecule has 1 rings (SSSR count). The minimum absolute atomic E-state index is 0.0698. The monoisotopic (exact) mass is 255 g/mol. The molecule has 6 heteroatoms. The van der Waals surface area contributed by atoms with Crippen LogP contribution in [0.3, 0.4) is 0 Å². The van der Waals surface area contributed by atoms with E-state index in [0.29, 0.717) is 31.2 Å². The van der Waals surface area contributed by atoms with Crippen molar-refractivity contribution in [2.45, 2.75) is 39.5 Å². The van der Waals surface area contributed by atoms with Crippen molar-refractivity contribution in [1.29, 1.82) is 0 Å². The molecule has 0 aromatic carbocycles. The van der Waals surface area contributed by atoms with Crippen molar-refractivity contribution in [3.8, 4) is 0 Å². The maximum Gasteiger partial charge on any atom is 0.220 e. The Morgan fingerprint density at radius 1 is 1.39 bits per heavy atom. The average Bonchev–Trinajstić information content (AvgIpc) is 2.82. The lowest BCUT2D eigenvalue weighted by Gasteiger charge is -2.08. The summed E-state index contributed by atoms with van der Waals surface area (Å²) >= 11 is 0. The Balaban J connectivity index is 2.29. The smallest absolute Gasteiger partial charge is 0.220 e. The van der Waals surface area contributed by atoms with Crippen molar-refractivity contribution in [2.75, 3.05) is 13.2 Å². The number of hydrogen-bond acceptors (Lipinski definition) is 5. The molecule has 0 aliphatic rings. The van der Waals surface area contributed by atoms with Crippen LogP contribution in [0, 0.1) is 5.92 Å². The summed E-state index contributed by atoms with van der Waals surface area (Å²) in [5.74, 6) is 1.29. The van der Waals surface area contributed by atoms with Gasteiger partial charge < -0.3 is 14.8 Å². The molecule has 18 heavy (non-hydrogen) atoms. The van der Waals surface area contributed by atoms with Gasteiger partial charge in [0.1, 0.15) is 0 Å². The quantitative estimate of drug-likeness (QED) is 0.754. The van der Waals surface area contributed by atoms with Crippen LogP contribution in [0.1, 0.15) is 44.9 Å². The molecule has 0 spiro atoms. The number of rotatable bonds is 7. The molecule has 0 aliphatic heterocycles. The van der Waals surface area contributed by atoms with E-state index in [9.17, 15) is 4.79 Å². The van der Waals surface area contributed by atoms with Gasteiger partial charge in [0.25, 0.3) is 0 Å². The van der Waals surface area contributed by atoms with E-state index < -0.39 is 0 Å². The molecule has 1 unspecified atom stereocenters. The van der Waals surface area contributed by atoms with Crippen molar-refractivity contribution in [2.24, 2.45) is 5.92 Å². The van der Waals surface area contributed by atoms with Crippen LogP contribution in [0.4, 0.5) is 0 Å². The molecule has 2 N–H and O–H groups in total. The topological polar surface area (TPSA) is 88.2 Å². The largest absolute Gasteiger partial charge is 0.425 e. The summed E-state index contributed by atoms with van der Waals surface area (Å²) in [5.41, 5.74) is 0. The summed E-state index contributed by atoms with van der Waals surface area (Å²) in [6.45, 7) is 6.37. The molecule has 1 heterocycles. The molecular weight excluding hydrogens is 234 g/mol. The Morgan fingerprint density at radius 3 is 2.67 bits per heavy atom. The number of hydrogen-bond donors (Lipinski definition) is 2. The van der Waals surface area contributed by atoms with E-state index in [1.54, 1.807) is 0 Å². The van der Waals surface area contributed by atoms with Gasteiger partial charge in [0.2, 0.25) is 17.7 Å². The zero-order valence-electron chi connectivity index (χ0n) is 11.1. The van der Waals surface area contributed by atoms with E-state index in [4.69, 9.17) is 9.52 Å². The molecule has 102 valence electrons. The number of aromatic nitrogens is 2. The molecule has 0 aliphatic carbocycles. The van der Waals surface area contributed by atoms with Crippen LogP contribution in [0.5, 0.6) is 0 Å². The number of aliphatic hydroxyl groups is 1. The van der Waals surface area contributed by atoms with Gasteiger partial charge in [-0.05, 0) is 5.92 Å². The number of aliphatic hydroxyl groups excluding tert-OH is 1. The van der Waals surface area contributed by atoms with Crippen molar-refractivity contribution in [3.05, 3.63) is 11.8 Å². The first-order valence-electron chi connectivity index (χ1n) is 6.22. The molecule has 0 fully saturated rings. The first-order chi connectivity index (χ1) is 8.52. The normalized spacial score (nSPS) is 12.7. The van der Waals surface area contributed by atoms with Crippen molar-refractivity contribution < 1.29 is 14.3 Å². The fourth-order valence-electron chi connectivity index (χ4n) is 1.26. The van der Waals surface area contributed by atoms with Gasteiger partial charge in [0.15, 0.2) is 0 Å². The summed E-state index contributed by atoms with van der Waals surface area (Å²) in [6, 6.07) is 0. The molecule has 6 nitrogen and oxygen atoms in total. The molecule has 1 atom stereocenters. The summed E-state index contributed by atoms with van der Waals surface area (Å²) in [4.78, 5) is 11.5. The molecule has 1 aromatic rings. The van der Waals surface area contributed by atoms with Gasteiger partial charge in [0.05, 0.1) is 0 Å². The molecule has 0 bridgehead atoms. The number of aryl methyl sites for hydroxylation is 1. The number of nitrogens with one attached hydrogen (secondary N) is 1. The highest BCUT2D eigenvalue weighted by Crippen LogP contribution is 2.12. The Bertz CT molecular complexity index is 376. The van der Waals surface area contributed by atoms with E-state index >= 15 is 0 Å². The SMILES string of the molecule is CC(CO)CNC(=O)CCc1nnc(C(C)C)o1. The van der Waals surface area contributed by atoms with Crippen LogP contribution in [-0.4, -0.2) is 34.4 Å². The van der Waals surface area contributed by atoms with Crippen LogP contribution in [-0.2, 0) is 11.2 Å². The summed E-state index contributed by atoms with van der Waals surface area (Å²) < 4.78 is 5.40. The third kappa shape index (κ3) is 4.83. The molecule has 0 saturated carbocycles. The van der Waals surface area contributed by atoms with Gasteiger partial charge >= 0.3 is 0 Å². The second-order valence-electron chi connectivity index (χ2n) is 4.78. The third-order valence-electron chi connectivity index (χ3n) is 2.50. The van der Waals surface area contributed by atoms with Crippen molar-refractivity contribution >= 4 is 5.91 Å². The molecular formula is C12H21N3O3. The summed E-state index contributed by atoms with van der Waals surface area (Å²) in [6.07, 6.45) is 0.761. The van der Waals surface area contributed by atoms with E-state index in [1.165, 1.54) is 0 Å². The average molecular weight is 255 g/mol. The number of amides is 1. The van der Waals surface area contributed by atoms with Gasteiger partial charge in [-0.1, -0.05) is 20.8 Å². The third-order valence-corrected chi connectivity index (χ3v) is 2.50. The molecule has 0 saturated heterocycles. The highest BCUT2D eigenvalue weighted by molar-refractivity contribution is 5.75. The van der Waals surface area contributed by atoms with E-state index in [-0.39, 0.29) is 24.3 Å². The fourth-order valence-corrected chi connectivity index (χ4v) is 1.26. The fraction of sp³-hybridized carbons (Fsp3) is 0.750. The maximum atomic E-state index is 11.5. The molecule has 1 amide bonds. The summed E-state index contributed by atoms with van der Waals surface area (Å²) in [5, 5.41) is 19.4. The van der Waals surface area contributed by atoms with Gasteiger partial charge in [-0.3, -0.25) is 4.79 Å². The van der Waals surface area contributed by atoms with Gasteiger partial charge in [-0.25, -0.2) is 0 Å². The first kappa shape index (κ1) is 14.6. The van der Waals surface area contributed by atoms with Gasteiger partial charge in [0, 0.05) is 31.9 Å². The minimum atomic E-state index is -0.0698. The highest BCUT2D eigenvalue weighted by Gasteiger charge is 2.11. The Labute approximate surface area is 107 Å². The zero-order valence-corrected chi connectivity index (χ0v) is 11.1. The second kappa shape index (κ2) is 7.10. The standard InChI is InChI=1S/C12H21N3O3/c1-8(2)12-15-14-11(18-12)5-4-10(17)13-6-9(3)7-16/h8-9,16H,4-7H2,1-3H3,(H,13,17). The van der Waals surface area contributed by atoms with Crippen LogP contribution < -0.4 is 5.32 Å². The number of carbonyl (C=O) groups is 1. The lowest BCUT2D eigenvalue weighted by Crippen LogP contribution is -2.29. The maximum absolute atomic E-state index is 11.5. The zero-order chi connectivity index (χ0) is 13.5. The molecule has 0 radical (unpaired) electrons. The predicted octanol–water partition coefficient (Wildman–Crippen LogP) is 0.870. The van der Waals surface area contributed by atoms with Crippen molar-refractivity contribution in [1.82, 2.24) is 15.5 Å². The lowest BCUT2D eigenvalue weighted by molar-refractivity contribution is -0.121. The van der Waals surface area contributed by atoms with Crippen molar-refractivity contribution in [3.63, 3.8) is 0 Å². The molecule has 1 aromatic heterocycles. The van der Waals surface area contributed by atoms with Gasteiger partial charge in [-0.15, -0.1) is 10.2 Å². The Kier molecular flexibility index (Phi) is 5.77. The van der Waals surface area contributed by atoms with Crippen LogP contribution in [0.25, 0.3) is 0 Å². The Hall–Kier alpha value is -1.43. The van der Waals surface area contributed by atoms with E-state index in [1.807, 2.05) is 20.8 Å². The lowest BCUT2D eigenvalue weighted by atomic mass is 10.2. The first-order valence-corrected chi connectivity index (χ1v) is 6.22. The van der Waals surface area contributed by atoms with E-state index in [0.717, 1.165) is 0 Å². The number of nitrogens with zero attached hydrogens (tertiary/aromatic N) is 2. The van der Waals surface area contributed by atoms with Crippen LogP contribution in [0.2, 0.25) is 0 Å². The predicted molar refractivity (Wildman–Crippen MR) is 66.0 cm³/mol. The van der Waals surface area contributed by atoms with E-state index in [2.05, 4.69) is 15.5 Å². The minimum Gasteiger partial charge on any atom is -0.425 e.